The fraction of sp³-hybridized carbons (Fsp3) is 0.600. The van der Waals surface area contributed by atoms with Crippen LogP contribution in [0.3, 0.4) is 0 Å². The Balaban J connectivity index is 1.52. The summed E-state index contributed by atoms with van der Waals surface area (Å²) in [6, 6.07) is 9.03. The minimum Gasteiger partial charge on any atom is -0.494 e. The number of benzene rings is 1. The molecule has 1 unspecified atom stereocenters. The Bertz CT molecular complexity index is 688. The summed E-state index contributed by atoms with van der Waals surface area (Å²) >= 11 is 0. The quantitative estimate of drug-likeness (QED) is 0.757. The average Bonchev–Trinajstić information content (AvgIpc) is 2.89. The van der Waals surface area contributed by atoms with Crippen molar-refractivity contribution in [2.75, 3.05) is 26.7 Å². The van der Waals surface area contributed by atoms with Crippen LogP contribution in [0.25, 0.3) is 0 Å². The molecule has 0 spiro atoms. The molecule has 1 atom stereocenters. The lowest BCUT2D eigenvalue weighted by atomic mass is 10.1. The van der Waals surface area contributed by atoms with Crippen LogP contribution in [-0.2, 0) is 13.1 Å². The molecule has 6 nitrogen and oxygen atoms in total. The smallest absolute Gasteiger partial charge is 0.223 e. The maximum atomic E-state index is 5.62. The van der Waals surface area contributed by atoms with E-state index < -0.39 is 0 Å². The van der Waals surface area contributed by atoms with E-state index in [1.807, 2.05) is 19.9 Å². The minimum absolute atomic E-state index is 0.563. The number of nitrogens with zero attached hydrogens (tertiary/aromatic N) is 4. The van der Waals surface area contributed by atoms with Crippen molar-refractivity contribution >= 4 is 0 Å². The van der Waals surface area contributed by atoms with E-state index in [0.717, 1.165) is 37.8 Å². The molecule has 1 aromatic carbocycles. The SMILES string of the molecule is CCOc1cccc(CN2CCCC(N(C)Cc3noc(C)n3)CC2)c1. The van der Waals surface area contributed by atoms with Crippen molar-refractivity contribution in [1.29, 1.82) is 0 Å². The van der Waals surface area contributed by atoms with Gasteiger partial charge >= 0.3 is 0 Å². The Kier molecular flexibility index (Phi) is 6.63. The van der Waals surface area contributed by atoms with Gasteiger partial charge in [-0.1, -0.05) is 17.3 Å². The van der Waals surface area contributed by atoms with E-state index >= 15 is 0 Å². The van der Waals surface area contributed by atoms with E-state index in [-0.39, 0.29) is 0 Å². The van der Waals surface area contributed by atoms with Crippen molar-refractivity contribution in [2.24, 2.45) is 0 Å². The predicted molar refractivity (Wildman–Crippen MR) is 101 cm³/mol. The molecule has 1 saturated heterocycles. The molecule has 0 bridgehead atoms. The number of ether oxygens (including phenoxy) is 1. The standard InChI is InChI=1S/C20H30N4O2/c1-4-25-19-9-5-7-17(13-19)14-24-11-6-8-18(10-12-24)23(3)15-20-21-16(2)26-22-20/h5,7,9,13,18H,4,6,8,10-12,14-15H2,1-3H3. The van der Waals surface area contributed by atoms with Gasteiger partial charge in [0.05, 0.1) is 13.2 Å². The van der Waals surface area contributed by atoms with Gasteiger partial charge in [0.2, 0.25) is 5.89 Å². The molecule has 0 N–H and O–H groups in total. The summed E-state index contributed by atoms with van der Waals surface area (Å²) in [7, 11) is 2.16. The van der Waals surface area contributed by atoms with Crippen molar-refractivity contribution in [3.8, 4) is 5.75 Å². The van der Waals surface area contributed by atoms with Crippen molar-refractivity contribution in [2.45, 2.75) is 52.2 Å². The summed E-state index contributed by atoms with van der Waals surface area (Å²) in [5, 5.41) is 4.02. The molecule has 1 aliphatic heterocycles. The lowest BCUT2D eigenvalue weighted by Crippen LogP contribution is -2.33. The molecule has 0 saturated carbocycles. The van der Waals surface area contributed by atoms with Crippen molar-refractivity contribution in [3.05, 3.63) is 41.5 Å². The van der Waals surface area contributed by atoms with Gasteiger partial charge in [-0.15, -0.1) is 0 Å². The molecule has 0 radical (unpaired) electrons. The number of aromatic nitrogens is 2. The van der Waals surface area contributed by atoms with Gasteiger partial charge in [-0.2, -0.15) is 4.98 Å². The molecule has 1 aromatic heterocycles. The fourth-order valence-electron chi connectivity index (χ4n) is 3.65. The highest BCUT2D eigenvalue weighted by atomic mass is 16.5. The first kappa shape index (κ1) is 18.9. The number of hydrogen-bond acceptors (Lipinski definition) is 6. The topological polar surface area (TPSA) is 54.6 Å². The first-order chi connectivity index (χ1) is 12.6. The normalized spacial score (nSPS) is 18.8. The first-order valence-corrected chi connectivity index (χ1v) is 9.57. The molecule has 26 heavy (non-hydrogen) atoms. The highest BCUT2D eigenvalue weighted by Gasteiger charge is 2.21. The monoisotopic (exact) mass is 358 g/mol. The van der Waals surface area contributed by atoms with Gasteiger partial charge in [-0.3, -0.25) is 9.80 Å². The van der Waals surface area contributed by atoms with Gasteiger partial charge in [0.1, 0.15) is 5.75 Å². The van der Waals surface area contributed by atoms with Crippen LogP contribution in [0.5, 0.6) is 5.75 Å². The third-order valence-corrected chi connectivity index (χ3v) is 4.99. The van der Waals surface area contributed by atoms with Crippen molar-refractivity contribution < 1.29 is 9.26 Å². The van der Waals surface area contributed by atoms with Crippen LogP contribution in [0.4, 0.5) is 0 Å². The van der Waals surface area contributed by atoms with Gasteiger partial charge in [0, 0.05) is 19.5 Å². The van der Waals surface area contributed by atoms with Crippen molar-refractivity contribution in [3.63, 3.8) is 0 Å². The van der Waals surface area contributed by atoms with Crippen LogP contribution in [0.2, 0.25) is 0 Å². The third-order valence-electron chi connectivity index (χ3n) is 4.99. The minimum atomic E-state index is 0.563. The molecule has 0 aliphatic carbocycles. The molecule has 2 heterocycles. The summed E-state index contributed by atoms with van der Waals surface area (Å²) in [5.41, 5.74) is 1.32. The number of rotatable bonds is 7. The molecule has 6 heteroatoms. The molecule has 1 fully saturated rings. The molecule has 1 aliphatic rings. The zero-order valence-corrected chi connectivity index (χ0v) is 16.1. The summed E-state index contributed by atoms with van der Waals surface area (Å²) in [5.74, 6) is 2.38. The lowest BCUT2D eigenvalue weighted by Gasteiger charge is -2.26. The Morgan fingerprint density at radius 1 is 1.31 bits per heavy atom. The van der Waals surface area contributed by atoms with Gasteiger partial charge in [-0.25, -0.2) is 0 Å². The van der Waals surface area contributed by atoms with Crippen molar-refractivity contribution in [1.82, 2.24) is 19.9 Å². The van der Waals surface area contributed by atoms with E-state index in [4.69, 9.17) is 9.26 Å². The van der Waals surface area contributed by atoms with E-state index in [0.29, 0.717) is 18.5 Å². The molecule has 2 aromatic rings. The molecular formula is C20H30N4O2. The Hall–Kier alpha value is -1.92. The van der Waals surface area contributed by atoms with Gasteiger partial charge in [0.15, 0.2) is 5.82 Å². The van der Waals surface area contributed by atoms with Crippen LogP contribution >= 0.6 is 0 Å². The number of aryl methyl sites for hydroxylation is 1. The molecule has 142 valence electrons. The second kappa shape index (κ2) is 9.14. The fourth-order valence-corrected chi connectivity index (χ4v) is 3.65. The molecular weight excluding hydrogens is 328 g/mol. The van der Waals surface area contributed by atoms with Crippen LogP contribution in [0, 0.1) is 6.92 Å². The number of likely N-dealkylation sites (tertiary alicyclic amines) is 1. The van der Waals surface area contributed by atoms with E-state index in [1.54, 1.807) is 0 Å². The van der Waals surface area contributed by atoms with Gasteiger partial charge < -0.3 is 9.26 Å². The average molecular weight is 358 g/mol. The van der Waals surface area contributed by atoms with Crippen LogP contribution in [0.1, 0.15) is 43.5 Å². The molecule has 3 rings (SSSR count). The summed E-state index contributed by atoms with van der Waals surface area (Å²) in [6.07, 6.45) is 3.59. The van der Waals surface area contributed by atoms with E-state index in [1.165, 1.54) is 24.8 Å². The Morgan fingerprint density at radius 2 is 2.19 bits per heavy atom. The van der Waals surface area contributed by atoms with Gasteiger partial charge in [0.25, 0.3) is 0 Å². The summed E-state index contributed by atoms with van der Waals surface area (Å²) in [6.45, 7) is 8.55. The lowest BCUT2D eigenvalue weighted by molar-refractivity contribution is 0.200. The highest BCUT2D eigenvalue weighted by molar-refractivity contribution is 5.28. The highest BCUT2D eigenvalue weighted by Crippen LogP contribution is 2.20. The van der Waals surface area contributed by atoms with E-state index in [9.17, 15) is 0 Å². The largest absolute Gasteiger partial charge is 0.494 e. The Labute approximate surface area is 156 Å². The van der Waals surface area contributed by atoms with Crippen LogP contribution < -0.4 is 4.74 Å². The van der Waals surface area contributed by atoms with Crippen LogP contribution in [-0.4, -0.2) is 52.7 Å². The number of hydrogen-bond donors (Lipinski definition) is 0. The maximum absolute atomic E-state index is 5.62. The van der Waals surface area contributed by atoms with Crippen LogP contribution in [0.15, 0.2) is 28.8 Å². The Morgan fingerprint density at radius 3 is 2.96 bits per heavy atom. The zero-order chi connectivity index (χ0) is 18.4. The summed E-state index contributed by atoms with van der Waals surface area (Å²) < 4.78 is 10.7. The van der Waals surface area contributed by atoms with E-state index in [2.05, 4.69) is 45.2 Å². The third kappa shape index (κ3) is 5.29. The van der Waals surface area contributed by atoms with Gasteiger partial charge in [-0.05, 0) is 64.0 Å². The molecule has 0 amide bonds. The maximum Gasteiger partial charge on any atom is 0.223 e. The zero-order valence-electron chi connectivity index (χ0n) is 16.1. The second-order valence-corrected chi connectivity index (χ2v) is 7.09. The summed E-state index contributed by atoms with van der Waals surface area (Å²) in [4.78, 5) is 9.24. The first-order valence-electron chi connectivity index (χ1n) is 9.57. The second-order valence-electron chi connectivity index (χ2n) is 7.09. The predicted octanol–water partition coefficient (Wildman–Crippen LogP) is 3.26.